The lowest BCUT2D eigenvalue weighted by atomic mass is 9.45. The summed E-state index contributed by atoms with van der Waals surface area (Å²) in [5.74, 6) is -1.66. The van der Waals surface area contributed by atoms with Crippen molar-refractivity contribution in [3.8, 4) is 0 Å². The summed E-state index contributed by atoms with van der Waals surface area (Å²) in [5, 5.41) is 11.8. The first-order valence-electron chi connectivity index (χ1n) is 14.8. The Balaban J connectivity index is 2.06. The third kappa shape index (κ3) is 6.54. The predicted molar refractivity (Wildman–Crippen MR) is 151 cm³/mol. The summed E-state index contributed by atoms with van der Waals surface area (Å²) in [6.07, 6.45) is 8.78. The Hall–Kier alpha value is -2.45. The van der Waals surface area contributed by atoms with Crippen molar-refractivity contribution < 1.29 is 38.4 Å². The summed E-state index contributed by atoms with van der Waals surface area (Å²) in [6.45, 7) is 14.9. The number of esters is 3. The average molecular weight is 561 g/mol. The van der Waals surface area contributed by atoms with Gasteiger partial charge >= 0.3 is 17.9 Å². The molecule has 40 heavy (non-hydrogen) atoms. The topological polar surface area (TPSA) is 108 Å². The van der Waals surface area contributed by atoms with Gasteiger partial charge in [0.1, 0.15) is 6.10 Å². The molecule has 2 fully saturated rings. The number of ether oxygens (including phenoxy) is 4. The minimum atomic E-state index is -1.17. The van der Waals surface area contributed by atoms with Gasteiger partial charge in [-0.3, -0.25) is 19.1 Å². The molecular formula is C32H48O8. The van der Waals surface area contributed by atoms with Crippen molar-refractivity contribution in [3.05, 3.63) is 36.0 Å². The monoisotopic (exact) mass is 560 g/mol. The third-order valence-electron chi connectivity index (χ3n) is 9.35. The standard InChI is InChI=1S/C32H48O8/c1-8-10-11-12-13-14-28(36)39-24-18-25-29(37-22(5)33)40-30(38-23(6)34)32(25)26(19-24)31(7,16-15-20(3)9-2)21(4)17-27(32)35/h9,15,18,21,24,26-27,29-30,35H,2,8,10-14,16-17,19H2,1,3-7H3. The van der Waals surface area contributed by atoms with Gasteiger partial charge in [-0.25, -0.2) is 0 Å². The fourth-order valence-corrected chi connectivity index (χ4v) is 6.97. The highest BCUT2D eigenvalue weighted by molar-refractivity contribution is 5.70. The minimum absolute atomic E-state index is 0.0759. The van der Waals surface area contributed by atoms with E-state index in [1.54, 1.807) is 12.2 Å². The normalized spacial score (nSPS) is 35.2. The highest BCUT2D eigenvalue weighted by Crippen LogP contribution is 2.67. The molecule has 0 aromatic rings. The first-order valence-corrected chi connectivity index (χ1v) is 14.8. The maximum Gasteiger partial charge on any atom is 0.306 e. The van der Waals surface area contributed by atoms with E-state index in [1.165, 1.54) is 13.8 Å². The number of allylic oxidation sites excluding steroid dienone is 3. The number of hydrogen-bond donors (Lipinski definition) is 1. The SMILES string of the molecule is C=CC(C)=CCC1(C)C(C)CC(O)C23C(=CC(OC(=O)CCCCCCC)CC12)C(OC(C)=O)OC3OC(C)=O. The summed E-state index contributed by atoms with van der Waals surface area (Å²) in [4.78, 5) is 37.2. The number of hydrogen-bond acceptors (Lipinski definition) is 8. The van der Waals surface area contributed by atoms with Crippen LogP contribution in [0.3, 0.4) is 0 Å². The Labute approximate surface area is 239 Å². The zero-order valence-electron chi connectivity index (χ0n) is 25.1. The Bertz CT molecular complexity index is 1010. The number of aliphatic hydroxyl groups excluding tert-OH is 1. The molecule has 0 amide bonds. The smallest absolute Gasteiger partial charge is 0.306 e. The first kappa shape index (κ1) is 32.1. The van der Waals surface area contributed by atoms with Crippen LogP contribution in [0.4, 0.5) is 0 Å². The van der Waals surface area contributed by atoms with Gasteiger partial charge in [0.15, 0.2) is 0 Å². The zero-order chi connectivity index (χ0) is 29.7. The van der Waals surface area contributed by atoms with E-state index in [4.69, 9.17) is 18.9 Å². The lowest BCUT2D eigenvalue weighted by molar-refractivity contribution is -0.254. The van der Waals surface area contributed by atoms with Crippen molar-refractivity contribution in [2.75, 3.05) is 0 Å². The van der Waals surface area contributed by atoms with Crippen LogP contribution in [0.15, 0.2) is 36.0 Å². The van der Waals surface area contributed by atoms with Crippen LogP contribution in [0, 0.1) is 22.7 Å². The molecule has 0 bridgehead atoms. The molecule has 0 aromatic heterocycles. The Morgan fingerprint density at radius 3 is 2.38 bits per heavy atom. The van der Waals surface area contributed by atoms with Gasteiger partial charge < -0.3 is 19.3 Å². The van der Waals surface area contributed by atoms with E-state index in [9.17, 15) is 19.5 Å². The van der Waals surface area contributed by atoms with Crippen LogP contribution in [0.1, 0.15) is 99.3 Å². The molecule has 1 aliphatic heterocycles. The van der Waals surface area contributed by atoms with Gasteiger partial charge in [0.2, 0.25) is 12.6 Å². The highest BCUT2D eigenvalue weighted by atomic mass is 16.8. The van der Waals surface area contributed by atoms with Gasteiger partial charge in [-0.2, -0.15) is 0 Å². The number of carbonyl (C=O) groups is 3. The lowest BCUT2D eigenvalue weighted by Crippen LogP contribution is -2.63. The lowest BCUT2D eigenvalue weighted by Gasteiger charge is -2.60. The second kappa shape index (κ2) is 13.5. The van der Waals surface area contributed by atoms with Crippen molar-refractivity contribution in [3.63, 3.8) is 0 Å². The molecule has 1 saturated heterocycles. The molecule has 1 heterocycles. The Morgan fingerprint density at radius 1 is 1.07 bits per heavy atom. The molecule has 0 aromatic carbocycles. The summed E-state index contributed by atoms with van der Waals surface area (Å²) >= 11 is 0. The van der Waals surface area contributed by atoms with Crippen LogP contribution in [0.5, 0.6) is 0 Å². The molecule has 8 nitrogen and oxygen atoms in total. The van der Waals surface area contributed by atoms with Crippen molar-refractivity contribution in [2.45, 2.75) is 124 Å². The summed E-state index contributed by atoms with van der Waals surface area (Å²) < 4.78 is 23.4. The average Bonchev–Trinajstić information content (AvgIpc) is 3.17. The summed E-state index contributed by atoms with van der Waals surface area (Å²) in [5.41, 5.74) is -0.0311. The van der Waals surface area contributed by atoms with E-state index in [0.717, 1.165) is 37.7 Å². The van der Waals surface area contributed by atoms with Gasteiger partial charge in [-0.15, -0.1) is 0 Å². The van der Waals surface area contributed by atoms with E-state index in [1.807, 2.05) is 6.92 Å². The van der Waals surface area contributed by atoms with Gasteiger partial charge in [0.25, 0.3) is 0 Å². The zero-order valence-corrected chi connectivity index (χ0v) is 25.1. The molecule has 1 N–H and O–H groups in total. The van der Waals surface area contributed by atoms with Crippen LogP contribution < -0.4 is 0 Å². The molecule has 0 radical (unpaired) electrons. The van der Waals surface area contributed by atoms with Crippen molar-refractivity contribution in [1.29, 1.82) is 0 Å². The summed E-state index contributed by atoms with van der Waals surface area (Å²) in [6, 6.07) is 0. The number of rotatable bonds is 12. The minimum Gasteiger partial charge on any atom is -0.458 e. The van der Waals surface area contributed by atoms with Crippen LogP contribution in [-0.2, 0) is 33.3 Å². The highest BCUT2D eigenvalue weighted by Gasteiger charge is 2.71. The van der Waals surface area contributed by atoms with Gasteiger partial charge in [0, 0.05) is 25.8 Å². The molecule has 8 unspecified atom stereocenters. The van der Waals surface area contributed by atoms with Gasteiger partial charge in [0.05, 0.1) is 11.5 Å². The van der Waals surface area contributed by atoms with E-state index < -0.39 is 47.6 Å². The molecule has 8 atom stereocenters. The van der Waals surface area contributed by atoms with Crippen LogP contribution in [-0.4, -0.2) is 47.8 Å². The fourth-order valence-electron chi connectivity index (χ4n) is 6.97. The summed E-state index contributed by atoms with van der Waals surface area (Å²) in [7, 11) is 0. The van der Waals surface area contributed by atoms with Crippen LogP contribution in [0.25, 0.3) is 0 Å². The van der Waals surface area contributed by atoms with E-state index in [2.05, 4.69) is 33.4 Å². The molecule has 1 saturated carbocycles. The molecular weight excluding hydrogens is 512 g/mol. The molecule has 2 aliphatic carbocycles. The predicted octanol–water partition coefficient (Wildman–Crippen LogP) is 5.93. The van der Waals surface area contributed by atoms with E-state index in [-0.39, 0.29) is 17.8 Å². The molecule has 3 rings (SSSR count). The Morgan fingerprint density at radius 2 is 1.75 bits per heavy atom. The molecule has 8 heteroatoms. The third-order valence-corrected chi connectivity index (χ3v) is 9.35. The quantitative estimate of drug-likeness (QED) is 0.103. The van der Waals surface area contributed by atoms with Gasteiger partial charge in [-0.05, 0) is 55.9 Å². The maximum atomic E-state index is 12.9. The van der Waals surface area contributed by atoms with Crippen LogP contribution in [0.2, 0.25) is 0 Å². The first-order chi connectivity index (χ1) is 18.9. The van der Waals surface area contributed by atoms with Gasteiger partial charge in [-0.1, -0.05) is 70.8 Å². The van der Waals surface area contributed by atoms with Crippen molar-refractivity contribution >= 4 is 17.9 Å². The largest absolute Gasteiger partial charge is 0.458 e. The number of unbranched alkanes of at least 4 members (excludes halogenated alkanes) is 4. The maximum absolute atomic E-state index is 12.9. The second-order valence-electron chi connectivity index (χ2n) is 12.1. The van der Waals surface area contributed by atoms with E-state index in [0.29, 0.717) is 31.3 Å². The molecule has 3 aliphatic rings. The van der Waals surface area contributed by atoms with Crippen LogP contribution >= 0.6 is 0 Å². The Kier molecular flexibility index (Phi) is 10.8. The number of aliphatic hydroxyl groups is 1. The van der Waals surface area contributed by atoms with Crippen molar-refractivity contribution in [1.82, 2.24) is 0 Å². The molecule has 224 valence electrons. The van der Waals surface area contributed by atoms with Crippen molar-refractivity contribution in [2.24, 2.45) is 22.7 Å². The fraction of sp³-hybridized carbons (Fsp3) is 0.719. The second-order valence-corrected chi connectivity index (χ2v) is 12.1. The van der Waals surface area contributed by atoms with E-state index >= 15 is 0 Å². The molecule has 1 spiro atoms. The number of carbonyl (C=O) groups excluding carboxylic acids is 3.